The lowest BCUT2D eigenvalue weighted by atomic mass is 10.00. The zero-order valence-electron chi connectivity index (χ0n) is 16.3. The van der Waals surface area contributed by atoms with E-state index in [0.29, 0.717) is 22.7 Å². The Balaban J connectivity index is 1.76. The van der Waals surface area contributed by atoms with Gasteiger partial charge in [-0.2, -0.15) is 0 Å². The third-order valence-corrected chi connectivity index (χ3v) is 6.28. The van der Waals surface area contributed by atoms with Gasteiger partial charge in [0.2, 0.25) is 0 Å². The number of benzene rings is 1. The quantitative estimate of drug-likeness (QED) is 0.679. The number of halogens is 1. The van der Waals surface area contributed by atoms with Crippen LogP contribution in [0.3, 0.4) is 0 Å². The van der Waals surface area contributed by atoms with E-state index in [1.54, 1.807) is 19.3 Å². The molecular formula is C21H23FN4OS. The minimum atomic E-state index is -0.317. The van der Waals surface area contributed by atoms with Gasteiger partial charge in [-0.3, -0.25) is 4.79 Å². The number of anilines is 2. The van der Waals surface area contributed by atoms with Crippen LogP contribution >= 0.6 is 11.3 Å². The first-order valence-electron chi connectivity index (χ1n) is 9.50. The number of thiophene rings is 1. The zero-order valence-corrected chi connectivity index (χ0v) is 17.1. The average Bonchev–Trinajstić information content (AvgIpc) is 3.00. The standard InChI is InChI=1S/C21H23FN4OS/c1-12-5-4-8-26(10-12)19-18-17(14(3)28-21(18)24-11-23-19)20(27)25-16-7-6-15(22)9-13(16)2/h6-7,9,11-12H,4-5,8,10H2,1-3H3,(H,25,27). The summed E-state index contributed by atoms with van der Waals surface area (Å²) in [6.07, 6.45) is 3.91. The number of nitrogens with one attached hydrogen (secondary N) is 1. The van der Waals surface area contributed by atoms with Crippen molar-refractivity contribution >= 4 is 39.0 Å². The van der Waals surface area contributed by atoms with E-state index in [1.165, 1.54) is 29.9 Å². The molecule has 0 aliphatic carbocycles. The summed E-state index contributed by atoms with van der Waals surface area (Å²) in [5, 5.41) is 3.75. The third-order valence-electron chi connectivity index (χ3n) is 5.26. The largest absolute Gasteiger partial charge is 0.356 e. The van der Waals surface area contributed by atoms with Gasteiger partial charge in [-0.05, 0) is 56.4 Å². The summed E-state index contributed by atoms with van der Waals surface area (Å²) in [4.78, 5) is 26.1. The summed E-state index contributed by atoms with van der Waals surface area (Å²) in [6, 6.07) is 4.36. The number of fused-ring (bicyclic) bond motifs is 1. The van der Waals surface area contributed by atoms with Crippen LogP contribution in [0.15, 0.2) is 24.5 Å². The predicted molar refractivity (Wildman–Crippen MR) is 112 cm³/mol. The molecule has 7 heteroatoms. The van der Waals surface area contributed by atoms with E-state index in [2.05, 4.69) is 27.1 Å². The highest BCUT2D eigenvalue weighted by atomic mass is 32.1. The second kappa shape index (κ2) is 7.47. The molecule has 1 fully saturated rings. The van der Waals surface area contributed by atoms with Crippen LogP contribution in [0.2, 0.25) is 0 Å². The summed E-state index contributed by atoms with van der Waals surface area (Å²) in [6.45, 7) is 7.82. The number of carbonyl (C=O) groups excluding carboxylic acids is 1. The molecule has 1 atom stereocenters. The van der Waals surface area contributed by atoms with E-state index in [1.807, 2.05) is 6.92 Å². The second-order valence-corrected chi connectivity index (χ2v) is 8.72. The monoisotopic (exact) mass is 398 g/mol. The highest BCUT2D eigenvalue weighted by molar-refractivity contribution is 7.19. The first kappa shape index (κ1) is 18.8. The molecule has 1 aliphatic heterocycles. The smallest absolute Gasteiger partial charge is 0.257 e. The molecule has 1 unspecified atom stereocenters. The first-order chi connectivity index (χ1) is 13.4. The van der Waals surface area contributed by atoms with Gasteiger partial charge in [-0.1, -0.05) is 6.92 Å². The number of carbonyl (C=O) groups is 1. The highest BCUT2D eigenvalue weighted by Gasteiger charge is 2.26. The van der Waals surface area contributed by atoms with Gasteiger partial charge in [0.1, 0.15) is 22.8 Å². The van der Waals surface area contributed by atoms with Crippen molar-refractivity contribution in [3.8, 4) is 0 Å². The fraction of sp³-hybridized carbons (Fsp3) is 0.381. The molecule has 3 aromatic rings. The molecule has 0 radical (unpaired) electrons. The Bertz CT molecular complexity index is 1050. The predicted octanol–water partition coefficient (Wildman–Crippen LogP) is 4.94. The number of amides is 1. The Morgan fingerprint density at radius 3 is 2.89 bits per heavy atom. The van der Waals surface area contributed by atoms with Crippen molar-refractivity contribution in [2.24, 2.45) is 5.92 Å². The van der Waals surface area contributed by atoms with Gasteiger partial charge in [-0.25, -0.2) is 14.4 Å². The second-order valence-electron chi connectivity index (χ2n) is 7.52. The molecule has 146 valence electrons. The molecule has 1 aromatic carbocycles. The van der Waals surface area contributed by atoms with Crippen LogP contribution in [-0.4, -0.2) is 29.0 Å². The maximum atomic E-state index is 13.4. The molecule has 1 amide bonds. The SMILES string of the molecule is Cc1cc(F)ccc1NC(=O)c1c(C)sc2ncnc(N3CCCC(C)C3)c12. The average molecular weight is 399 g/mol. The van der Waals surface area contributed by atoms with Crippen molar-refractivity contribution in [1.82, 2.24) is 9.97 Å². The molecule has 1 N–H and O–H groups in total. The topological polar surface area (TPSA) is 58.1 Å². The minimum absolute atomic E-state index is 0.209. The van der Waals surface area contributed by atoms with Crippen LogP contribution < -0.4 is 10.2 Å². The number of hydrogen-bond acceptors (Lipinski definition) is 5. The van der Waals surface area contributed by atoms with Crippen LogP contribution in [0.4, 0.5) is 15.9 Å². The number of hydrogen-bond donors (Lipinski definition) is 1. The maximum Gasteiger partial charge on any atom is 0.257 e. The normalized spacial score (nSPS) is 17.1. The number of piperidine rings is 1. The number of aromatic nitrogens is 2. The highest BCUT2D eigenvalue weighted by Crippen LogP contribution is 2.36. The van der Waals surface area contributed by atoms with E-state index in [9.17, 15) is 9.18 Å². The molecule has 5 nitrogen and oxygen atoms in total. The fourth-order valence-corrected chi connectivity index (χ4v) is 4.86. The molecular weight excluding hydrogens is 375 g/mol. The van der Waals surface area contributed by atoms with Crippen molar-refractivity contribution in [2.75, 3.05) is 23.3 Å². The van der Waals surface area contributed by atoms with E-state index < -0.39 is 0 Å². The molecule has 0 saturated carbocycles. The molecule has 4 rings (SSSR count). The van der Waals surface area contributed by atoms with Crippen molar-refractivity contribution in [3.05, 3.63) is 46.3 Å². The van der Waals surface area contributed by atoms with Crippen molar-refractivity contribution in [2.45, 2.75) is 33.6 Å². The van der Waals surface area contributed by atoms with E-state index >= 15 is 0 Å². The maximum absolute atomic E-state index is 13.4. The minimum Gasteiger partial charge on any atom is -0.356 e. The summed E-state index contributed by atoms with van der Waals surface area (Å²) < 4.78 is 13.4. The zero-order chi connectivity index (χ0) is 19.8. The number of rotatable bonds is 3. The molecule has 0 bridgehead atoms. The number of aryl methyl sites for hydroxylation is 2. The van der Waals surface area contributed by atoms with Crippen LogP contribution in [0, 0.1) is 25.6 Å². The Morgan fingerprint density at radius 2 is 2.14 bits per heavy atom. The van der Waals surface area contributed by atoms with Gasteiger partial charge >= 0.3 is 0 Å². The number of nitrogens with zero attached hydrogens (tertiary/aromatic N) is 3. The van der Waals surface area contributed by atoms with Crippen LogP contribution in [0.5, 0.6) is 0 Å². The lowest BCUT2D eigenvalue weighted by molar-refractivity contribution is 0.102. The van der Waals surface area contributed by atoms with Gasteiger partial charge in [0.25, 0.3) is 5.91 Å². The van der Waals surface area contributed by atoms with E-state index in [4.69, 9.17) is 0 Å². The Morgan fingerprint density at radius 1 is 1.32 bits per heavy atom. The first-order valence-corrected chi connectivity index (χ1v) is 10.3. The molecule has 3 heterocycles. The fourth-order valence-electron chi connectivity index (χ4n) is 3.88. The lowest BCUT2D eigenvalue weighted by Gasteiger charge is -2.32. The van der Waals surface area contributed by atoms with Gasteiger partial charge in [-0.15, -0.1) is 11.3 Å². The molecule has 28 heavy (non-hydrogen) atoms. The Kier molecular flexibility index (Phi) is 5.02. The molecule has 1 saturated heterocycles. The van der Waals surface area contributed by atoms with Crippen molar-refractivity contribution in [1.29, 1.82) is 0 Å². The third kappa shape index (κ3) is 3.46. The molecule has 1 aliphatic rings. The van der Waals surface area contributed by atoms with E-state index in [0.717, 1.165) is 40.4 Å². The van der Waals surface area contributed by atoms with Gasteiger partial charge in [0.15, 0.2) is 0 Å². The van der Waals surface area contributed by atoms with Gasteiger partial charge < -0.3 is 10.2 Å². The molecule has 0 spiro atoms. The van der Waals surface area contributed by atoms with Crippen LogP contribution in [0.1, 0.15) is 40.6 Å². The van der Waals surface area contributed by atoms with Crippen LogP contribution in [-0.2, 0) is 0 Å². The van der Waals surface area contributed by atoms with Crippen molar-refractivity contribution < 1.29 is 9.18 Å². The van der Waals surface area contributed by atoms with Gasteiger partial charge in [0, 0.05) is 23.7 Å². The van der Waals surface area contributed by atoms with Crippen molar-refractivity contribution in [3.63, 3.8) is 0 Å². The summed E-state index contributed by atoms with van der Waals surface area (Å²) in [5.74, 6) is 0.904. The van der Waals surface area contributed by atoms with Crippen LogP contribution in [0.25, 0.3) is 10.2 Å². The summed E-state index contributed by atoms with van der Waals surface area (Å²) in [7, 11) is 0. The Labute approximate surface area is 167 Å². The summed E-state index contributed by atoms with van der Waals surface area (Å²) >= 11 is 1.50. The lowest BCUT2D eigenvalue weighted by Crippen LogP contribution is -2.35. The Hall–Kier alpha value is -2.54. The van der Waals surface area contributed by atoms with Gasteiger partial charge in [0.05, 0.1) is 10.9 Å². The van der Waals surface area contributed by atoms with E-state index in [-0.39, 0.29) is 11.7 Å². The molecule has 2 aromatic heterocycles. The summed E-state index contributed by atoms with van der Waals surface area (Å²) in [5.41, 5.74) is 1.90.